The van der Waals surface area contributed by atoms with Crippen LogP contribution in [0.15, 0.2) is 72.8 Å². The summed E-state index contributed by atoms with van der Waals surface area (Å²) in [6.07, 6.45) is 0.824. The van der Waals surface area contributed by atoms with Gasteiger partial charge in [-0.15, -0.1) is 17.0 Å². The van der Waals surface area contributed by atoms with Crippen LogP contribution in [0.2, 0.25) is 0 Å². The summed E-state index contributed by atoms with van der Waals surface area (Å²) in [6.45, 7) is 3.89. The molecule has 1 aliphatic heterocycles. The lowest BCUT2D eigenvalue weighted by Crippen LogP contribution is -2.24. The SMILES string of the molecule is Br.Cc1cccc(C2CN(C)CCc3c2cc(O)c(O)c3-c2ccc3ccccc3c2)c1. The number of hydrogen-bond donors (Lipinski definition) is 2. The molecule has 0 aromatic heterocycles. The first kappa shape index (κ1) is 22.4. The summed E-state index contributed by atoms with van der Waals surface area (Å²) in [4.78, 5) is 2.34. The Labute approximate surface area is 199 Å². The summed E-state index contributed by atoms with van der Waals surface area (Å²) in [5.41, 5.74) is 6.40. The third kappa shape index (κ3) is 4.01. The topological polar surface area (TPSA) is 43.7 Å². The van der Waals surface area contributed by atoms with Gasteiger partial charge in [-0.3, -0.25) is 0 Å². The van der Waals surface area contributed by atoms with Gasteiger partial charge < -0.3 is 15.1 Å². The quantitative estimate of drug-likeness (QED) is 0.319. The largest absolute Gasteiger partial charge is 0.504 e. The Bertz CT molecular complexity index is 1280. The highest BCUT2D eigenvalue weighted by Crippen LogP contribution is 2.46. The van der Waals surface area contributed by atoms with Gasteiger partial charge >= 0.3 is 0 Å². The van der Waals surface area contributed by atoms with Gasteiger partial charge in [0.25, 0.3) is 0 Å². The van der Waals surface area contributed by atoms with Crippen molar-refractivity contribution in [3.05, 3.63) is 95.1 Å². The highest BCUT2D eigenvalue weighted by Gasteiger charge is 2.28. The van der Waals surface area contributed by atoms with Crippen LogP contribution < -0.4 is 0 Å². The highest BCUT2D eigenvalue weighted by molar-refractivity contribution is 8.93. The smallest absolute Gasteiger partial charge is 0.165 e. The zero-order chi connectivity index (χ0) is 21.5. The number of fused-ring (bicyclic) bond motifs is 2. The minimum Gasteiger partial charge on any atom is -0.504 e. The number of phenolic OH excluding ortho intramolecular Hbond substituents is 2. The molecule has 164 valence electrons. The third-order valence-electron chi connectivity index (χ3n) is 6.52. The molecule has 4 aromatic rings. The molecule has 0 fully saturated rings. The number of phenols is 2. The summed E-state index contributed by atoms with van der Waals surface area (Å²) >= 11 is 0. The van der Waals surface area contributed by atoms with Gasteiger partial charge in [0.2, 0.25) is 0 Å². The second-order valence-electron chi connectivity index (χ2n) is 8.73. The predicted octanol–water partition coefficient (Wildman–Crippen LogP) is 6.42. The molecule has 2 N–H and O–H groups in total. The van der Waals surface area contributed by atoms with Crippen LogP contribution in [0.5, 0.6) is 11.5 Å². The van der Waals surface area contributed by atoms with Crippen LogP contribution in [0.3, 0.4) is 0 Å². The molecule has 4 heteroatoms. The molecule has 0 bridgehead atoms. The van der Waals surface area contributed by atoms with Crippen LogP contribution in [0.1, 0.15) is 28.2 Å². The van der Waals surface area contributed by atoms with Crippen LogP contribution >= 0.6 is 17.0 Å². The normalized spacial score (nSPS) is 16.2. The number of aromatic hydroxyl groups is 2. The first-order valence-electron chi connectivity index (χ1n) is 10.8. The monoisotopic (exact) mass is 489 g/mol. The van der Waals surface area contributed by atoms with E-state index in [-0.39, 0.29) is 34.4 Å². The average molecular weight is 490 g/mol. The number of hydrogen-bond acceptors (Lipinski definition) is 3. The zero-order valence-electron chi connectivity index (χ0n) is 18.4. The van der Waals surface area contributed by atoms with Crippen LogP contribution in [0.25, 0.3) is 21.9 Å². The standard InChI is InChI=1S/C28H27NO2.BrH/c1-18-6-5-9-21(14-18)25-17-29(2)13-12-23-24(25)16-26(30)28(31)27(23)22-11-10-19-7-3-4-8-20(19)15-22;/h3-11,14-16,25,30-31H,12-13,17H2,1-2H3;1H. The van der Waals surface area contributed by atoms with Crippen molar-refractivity contribution < 1.29 is 10.2 Å². The van der Waals surface area contributed by atoms with Crippen LogP contribution in [-0.2, 0) is 6.42 Å². The van der Waals surface area contributed by atoms with Crippen LogP contribution in [0, 0.1) is 6.92 Å². The van der Waals surface area contributed by atoms with Crippen molar-refractivity contribution in [1.82, 2.24) is 4.90 Å². The van der Waals surface area contributed by atoms with Gasteiger partial charge in [0.15, 0.2) is 11.5 Å². The highest BCUT2D eigenvalue weighted by atomic mass is 79.9. The summed E-state index contributed by atoms with van der Waals surface area (Å²) in [6, 6.07) is 24.9. The molecule has 0 saturated carbocycles. The molecule has 1 heterocycles. The van der Waals surface area contributed by atoms with Crippen molar-refractivity contribution in [3.8, 4) is 22.6 Å². The number of rotatable bonds is 2. The van der Waals surface area contributed by atoms with Crippen LogP contribution in [-0.4, -0.2) is 35.3 Å². The van der Waals surface area contributed by atoms with Crippen molar-refractivity contribution in [2.24, 2.45) is 0 Å². The Hall–Kier alpha value is -2.82. The summed E-state index contributed by atoms with van der Waals surface area (Å²) in [5.74, 6) is 0.0544. The molecular weight excluding hydrogens is 462 g/mol. The fourth-order valence-corrected chi connectivity index (χ4v) is 4.93. The molecule has 1 atom stereocenters. The summed E-state index contributed by atoms with van der Waals surface area (Å²) in [7, 11) is 2.14. The molecule has 0 aliphatic carbocycles. The first-order chi connectivity index (χ1) is 15.0. The number of likely N-dealkylation sites (N-methyl/N-ethyl adjacent to an activating group) is 1. The van der Waals surface area contributed by atoms with E-state index in [4.69, 9.17) is 0 Å². The fraction of sp³-hybridized carbons (Fsp3) is 0.214. The van der Waals surface area contributed by atoms with Gasteiger partial charge in [-0.05, 0) is 65.6 Å². The maximum atomic E-state index is 11.0. The van der Waals surface area contributed by atoms with E-state index >= 15 is 0 Å². The molecule has 1 unspecified atom stereocenters. The first-order valence-corrected chi connectivity index (χ1v) is 10.8. The molecule has 3 nitrogen and oxygen atoms in total. The molecular formula is C28H28BrNO2. The molecule has 0 amide bonds. The van der Waals surface area contributed by atoms with Crippen molar-refractivity contribution in [1.29, 1.82) is 0 Å². The lowest BCUT2D eigenvalue weighted by molar-refractivity contribution is 0.338. The third-order valence-corrected chi connectivity index (χ3v) is 6.52. The van der Waals surface area contributed by atoms with E-state index in [0.29, 0.717) is 0 Å². The summed E-state index contributed by atoms with van der Waals surface area (Å²) in [5, 5.41) is 24.0. The molecule has 5 rings (SSSR count). The van der Waals surface area contributed by atoms with Gasteiger partial charge in [-0.25, -0.2) is 0 Å². The maximum Gasteiger partial charge on any atom is 0.165 e. The minimum absolute atomic E-state index is 0. The fourth-order valence-electron chi connectivity index (χ4n) is 4.93. The van der Waals surface area contributed by atoms with E-state index < -0.39 is 0 Å². The van der Waals surface area contributed by atoms with E-state index in [1.54, 1.807) is 6.07 Å². The van der Waals surface area contributed by atoms with E-state index in [9.17, 15) is 10.2 Å². The zero-order valence-corrected chi connectivity index (χ0v) is 20.1. The Balaban J connectivity index is 0.00000245. The minimum atomic E-state index is -0.0517. The van der Waals surface area contributed by atoms with E-state index in [1.165, 1.54) is 11.1 Å². The second-order valence-corrected chi connectivity index (χ2v) is 8.73. The number of nitrogens with zero attached hydrogens (tertiary/aromatic N) is 1. The van der Waals surface area contributed by atoms with Crippen molar-refractivity contribution in [3.63, 3.8) is 0 Å². The second kappa shape index (κ2) is 8.97. The Morgan fingerprint density at radius 3 is 2.44 bits per heavy atom. The van der Waals surface area contributed by atoms with E-state index in [2.05, 4.69) is 67.4 Å². The molecule has 32 heavy (non-hydrogen) atoms. The molecule has 1 aliphatic rings. The molecule has 0 radical (unpaired) electrons. The van der Waals surface area contributed by atoms with Crippen molar-refractivity contribution in [2.75, 3.05) is 20.1 Å². The van der Waals surface area contributed by atoms with Crippen molar-refractivity contribution in [2.45, 2.75) is 19.3 Å². The molecule has 4 aromatic carbocycles. The van der Waals surface area contributed by atoms with Gasteiger partial charge in [-0.1, -0.05) is 66.2 Å². The van der Waals surface area contributed by atoms with Gasteiger partial charge in [0.1, 0.15) is 0 Å². The summed E-state index contributed by atoms with van der Waals surface area (Å²) < 4.78 is 0. The average Bonchev–Trinajstić information content (AvgIpc) is 2.93. The van der Waals surface area contributed by atoms with E-state index in [1.807, 2.05) is 18.2 Å². The maximum absolute atomic E-state index is 11.0. The Morgan fingerprint density at radius 2 is 1.66 bits per heavy atom. The van der Waals surface area contributed by atoms with Gasteiger partial charge in [0, 0.05) is 24.6 Å². The van der Waals surface area contributed by atoms with Crippen LogP contribution in [0.4, 0.5) is 0 Å². The van der Waals surface area contributed by atoms with E-state index in [0.717, 1.165) is 52.5 Å². The Morgan fingerprint density at radius 1 is 0.875 bits per heavy atom. The lowest BCUT2D eigenvalue weighted by Gasteiger charge is -2.24. The van der Waals surface area contributed by atoms with Gasteiger partial charge in [-0.2, -0.15) is 0 Å². The predicted molar refractivity (Wildman–Crippen MR) is 137 cm³/mol. The number of benzene rings is 4. The van der Waals surface area contributed by atoms with Crippen molar-refractivity contribution >= 4 is 27.8 Å². The number of aryl methyl sites for hydroxylation is 1. The van der Waals surface area contributed by atoms with Gasteiger partial charge in [0.05, 0.1) is 0 Å². The number of halogens is 1. The molecule has 0 saturated heterocycles. The lowest BCUT2D eigenvalue weighted by atomic mass is 9.83. The molecule has 0 spiro atoms. The Kier molecular flexibility index (Phi) is 6.27.